The van der Waals surface area contributed by atoms with Gasteiger partial charge in [0.25, 0.3) is 5.91 Å². The van der Waals surface area contributed by atoms with E-state index in [1.807, 2.05) is 0 Å². The lowest BCUT2D eigenvalue weighted by Gasteiger charge is -2.07. The van der Waals surface area contributed by atoms with Crippen LogP contribution < -0.4 is 5.32 Å². The summed E-state index contributed by atoms with van der Waals surface area (Å²) < 4.78 is 37.6. The zero-order chi connectivity index (χ0) is 15.7. The van der Waals surface area contributed by atoms with E-state index >= 15 is 0 Å². The molecule has 0 bridgehead atoms. The minimum atomic E-state index is -4.35. The maximum absolute atomic E-state index is 12.5. The molecule has 3 rings (SSSR count). The zero-order valence-corrected chi connectivity index (χ0v) is 11.3. The second kappa shape index (κ2) is 5.29. The molecule has 1 amide bonds. The highest BCUT2D eigenvalue weighted by molar-refractivity contribution is 6.14. The Kier molecular flexibility index (Phi) is 3.44. The predicted octanol–water partition coefficient (Wildman–Crippen LogP) is 3.67. The molecule has 0 fully saturated rings. The van der Waals surface area contributed by atoms with Gasteiger partial charge in [0.2, 0.25) is 0 Å². The molecule has 0 aliphatic carbocycles. The van der Waals surface area contributed by atoms with Gasteiger partial charge in [-0.1, -0.05) is 30.3 Å². The molecule has 6 heteroatoms. The summed E-state index contributed by atoms with van der Waals surface area (Å²) in [6.07, 6.45) is -4.35. The van der Waals surface area contributed by atoms with E-state index in [1.165, 1.54) is 6.07 Å². The molecule has 1 atom stereocenters. The van der Waals surface area contributed by atoms with Gasteiger partial charge in [0.05, 0.1) is 5.71 Å². The van der Waals surface area contributed by atoms with Crippen LogP contribution in [0.5, 0.6) is 0 Å². The number of hydrogen-bond donors (Lipinski definition) is 1. The summed E-state index contributed by atoms with van der Waals surface area (Å²) in [5, 5.41) is 2.66. The third-order valence-electron chi connectivity index (χ3n) is 3.22. The summed E-state index contributed by atoms with van der Waals surface area (Å²) in [6.45, 7) is 0. The number of nitrogens with zero attached hydrogens (tertiary/aromatic N) is 1. The lowest BCUT2D eigenvalue weighted by atomic mass is 10.1. The Balaban J connectivity index is 1.73. The van der Waals surface area contributed by atoms with Gasteiger partial charge in [0, 0.05) is 16.8 Å². The van der Waals surface area contributed by atoms with Crippen molar-refractivity contribution >= 4 is 17.3 Å². The third-order valence-corrected chi connectivity index (χ3v) is 3.22. The summed E-state index contributed by atoms with van der Waals surface area (Å²) in [5.41, 5.74) is 1.28. The number of hydrogen-bond acceptors (Lipinski definition) is 2. The highest BCUT2D eigenvalue weighted by atomic mass is 19.4. The van der Waals surface area contributed by atoms with E-state index in [-0.39, 0.29) is 11.6 Å². The first-order valence-electron chi connectivity index (χ1n) is 6.56. The van der Waals surface area contributed by atoms with E-state index in [1.54, 1.807) is 48.5 Å². The molecule has 1 heterocycles. The molecule has 1 N–H and O–H groups in total. The summed E-state index contributed by atoms with van der Waals surface area (Å²) in [5.74, 6) is -0.317. The number of rotatable bonds is 3. The first-order chi connectivity index (χ1) is 10.4. The first kappa shape index (κ1) is 14.3. The van der Waals surface area contributed by atoms with Crippen LogP contribution in [0.3, 0.4) is 0 Å². The van der Waals surface area contributed by atoms with Crippen LogP contribution >= 0.6 is 0 Å². The molecule has 0 spiro atoms. The second-order valence-electron chi connectivity index (χ2n) is 4.86. The molecular formula is C16H11F3N2O. The highest BCUT2D eigenvalue weighted by Crippen LogP contribution is 2.35. The van der Waals surface area contributed by atoms with Crippen molar-refractivity contribution in [3.8, 4) is 0 Å². The van der Waals surface area contributed by atoms with Crippen molar-refractivity contribution in [1.29, 1.82) is 0 Å². The van der Waals surface area contributed by atoms with E-state index in [0.29, 0.717) is 16.8 Å². The fraction of sp³-hybridized carbons (Fsp3) is 0.125. The maximum atomic E-state index is 12.5. The van der Waals surface area contributed by atoms with Gasteiger partial charge in [-0.3, -0.25) is 9.79 Å². The molecule has 3 nitrogen and oxygen atoms in total. The monoisotopic (exact) mass is 304 g/mol. The molecule has 1 aliphatic heterocycles. The number of nitrogens with one attached hydrogen (secondary N) is 1. The molecule has 0 saturated carbocycles. The summed E-state index contributed by atoms with van der Waals surface area (Å²) in [4.78, 5) is 15.5. The van der Waals surface area contributed by atoms with Crippen LogP contribution in [-0.4, -0.2) is 23.8 Å². The fourth-order valence-corrected chi connectivity index (χ4v) is 2.11. The smallest absolute Gasteiger partial charge is 0.322 e. The van der Waals surface area contributed by atoms with Crippen molar-refractivity contribution in [2.24, 2.45) is 4.99 Å². The number of carbonyl (C=O) groups is 1. The van der Waals surface area contributed by atoms with Gasteiger partial charge in [-0.05, 0) is 24.3 Å². The number of halogens is 3. The molecule has 1 aliphatic rings. The Morgan fingerprint density at radius 1 is 1.05 bits per heavy atom. The van der Waals surface area contributed by atoms with Crippen molar-refractivity contribution < 1.29 is 18.0 Å². The van der Waals surface area contributed by atoms with Crippen LogP contribution in [0.1, 0.15) is 15.9 Å². The minimum absolute atomic E-state index is 0.00306. The van der Waals surface area contributed by atoms with Crippen LogP contribution in [0.25, 0.3) is 0 Å². The van der Waals surface area contributed by atoms with Crippen LogP contribution in [0.15, 0.2) is 59.6 Å². The van der Waals surface area contributed by atoms with Gasteiger partial charge in [-0.25, -0.2) is 0 Å². The number of benzene rings is 2. The molecule has 0 aromatic heterocycles. The van der Waals surface area contributed by atoms with Gasteiger partial charge >= 0.3 is 6.18 Å². The van der Waals surface area contributed by atoms with E-state index < -0.39 is 12.2 Å². The molecule has 112 valence electrons. The highest BCUT2D eigenvalue weighted by Gasteiger charge is 2.51. The summed E-state index contributed by atoms with van der Waals surface area (Å²) >= 11 is 0. The number of anilines is 1. The molecule has 0 radical (unpaired) electrons. The number of aliphatic imine (C=N–C) groups is 1. The normalized spacial score (nSPS) is 16.9. The third kappa shape index (κ3) is 3.00. The summed E-state index contributed by atoms with van der Waals surface area (Å²) in [6, 6.07) is 13.1. The van der Waals surface area contributed by atoms with E-state index in [9.17, 15) is 18.0 Å². The van der Waals surface area contributed by atoms with E-state index in [4.69, 9.17) is 0 Å². The van der Waals surface area contributed by atoms with Crippen molar-refractivity contribution in [1.82, 2.24) is 0 Å². The Morgan fingerprint density at radius 3 is 2.41 bits per heavy atom. The predicted molar refractivity (Wildman–Crippen MR) is 77.2 cm³/mol. The van der Waals surface area contributed by atoms with Gasteiger partial charge in [-0.15, -0.1) is 0 Å². The molecule has 2 aromatic carbocycles. The van der Waals surface area contributed by atoms with Crippen LogP contribution in [0.4, 0.5) is 18.9 Å². The van der Waals surface area contributed by atoms with Crippen LogP contribution in [0, 0.1) is 0 Å². The van der Waals surface area contributed by atoms with Crippen molar-refractivity contribution in [3.05, 3.63) is 65.7 Å². The van der Waals surface area contributed by atoms with Gasteiger partial charge in [0.1, 0.15) is 0 Å². The SMILES string of the molecule is O=C(Nc1cccc(C2=NC2C(F)(F)F)c1)c1ccccc1. The standard InChI is InChI=1S/C16H11F3N2O/c17-16(18,19)14-13(21-14)11-7-4-8-12(9-11)20-15(22)10-5-2-1-3-6-10/h1-9,14H,(H,20,22). The van der Waals surface area contributed by atoms with Crippen molar-refractivity contribution in [2.75, 3.05) is 5.32 Å². The number of carbonyl (C=O) groups excluding carboxylic acids is 1. The fourth-order valence-electron chi connectivity index (χ4n) is 2.11. The van der Waals surface area contributed by atoms with Gasteiger partial charge < -0.3 is 5.32 Å². The Bertz CT molecular complexity index is 739. The Labute approximate surface area is 124 Å². The largest absolute Gasteiger partial charge is 0.416 e. The van der Waals surface area contributed by atoms with Gasteiger partial charge in [0.15, 0.2) is 6.04 Å². The van der Waals surface area contributed by atoms with Crippen molar-refractivity contribution in [3.63, 3.8) is 0 Å². The molecule has 0 saturated heterocycles. The quantitative estimate of drug-likeness (QED) is 0.923. The first-order valence-corrected chi connectivity index (χ1v) is 6.56. The zero-order valence-electron chi connectivity index (χ0n) is 11.3. The molecule has 22 heavy (non-hydrogen) atoms. The van der Waals surface area contributed by atoms with E-state index in [2.05, 4.69) is 10.3 Å². The molecular weight excluding hydrogens is 293 g/mol. The lowest BCUT2D eigenvalue weighted by molar-refractivity contribution is -0.124. The van der Waals surface area contributed by atoms with Gasteiger partial charge in [-0.2, -0.15) is 13.2 Å². The lowest BCUT2D eigenvalue weighted by Crippen LogP contribution is -2.21. The maximum Gasteiger partial charge on any atom is 0.416 e. The summed E-state index contributed by atoms with van der Waals surface area (Å²) in [7, 11) is 0. The van der Waals surface area contributed by atoms with Crippen LogP contribution in [-0.2, 0) is 0 Å². The average molecular weight is 304 g/mol. The number of alkyl halides is 3. The number of amides is 1. The Morgan fingerprint density at radius 2 is 1.77 bits per heavy atom. The topological polar surface area (TPSA) is 41.5 Å². The Hall–Kier alpha value is -2.63. The van der Waals surface area contributed by atoms with Crippen molar-refractivity contribution in [2.45, 2.75) is 12.2 Å². The minimum Gasteiger partial charge on any atom is -0.322 e. The van der Waals surface area contributed by atoms with E-state index in [0.717, 1.165) is 0 Å². The second-order valence-corrected chi connectivity index (χ2v) is 4.86. The van der Waals surface area contributed by atoms with Crippen LogP contribution in [0.2, 0.25) is 0 Å². The average Bonchev–Trinajstić information content (AvgIpc) is 3.29. The molecule has 2 aromatic rings. The molecule has 1 unspecified atom stereocenters.